The lowest BCUT2D eigenvalue weighted by Crippen LogP contribution is -2.05. The number of nitrogens with one attached hydrogen (secondary N) is 1. The minimum absolute atomic E-state index is 0.752. The van der Waals surface area contributed by atoms with Gasteiger partial charge in [-0.1, -0.05) is 15.9 Å². The molecule has 98 valence electrons. The summed E-state index contributed by atoms with van der Waals surface area (Å²) in [6.07, 6.45) is 4.64. The van der Waals surface area contributed by atoms with Crippen molar-refractivity contribution in [3.63, 3.8) is 0 Å². The molecule has 2 aromatic heterocycles. The van der Waals surface area contributed by atoms with Crippen molar-refractivity contribution in [3.8, 4) is 0 Å². The molecule has 1 N–H and O–H groups in total. The summed E-state index contributed by atoms with van der Waals surface area (Å²) in [5.74, 6) is 1.06. The van der Waals surface area contributed by atoms with Crippen LogP contribution in [0.3, 0.4) is 0 Å². The molecule has 0 aliphatic heterocycles. The largest absolute Gasteiger partial charge is 0.338 e. The van der Waals surface area contributed by atoms with E-state index in [1.807, 2.05) is 36.1 Å². The lowest BCUT2D eigenvalue weighted by Gasteiger charge is -2.05. The van der Waals surface area contributed by atoms with E-state index < -0.39 is 0 Å². The number of rotatable bonds is 3. The van der Waals surface area contributed by atoms with Crippen molar-refractivity contribution in [1.29, 1.82) is 0 Å². The van der Waals surface area contributed by atoms with Gasteiger partial charge in [0.25, 0.3) is 0 Å². The fourth-order valence-electron chi connectivity index (χ4n) is 2.21. The number of halogens is 1. The predicted octanol–water partition coefficient (Wildman–Crippen LogP) is 3.44. The molecule has 0 saturated heterocycles. The second-order valence-corrected chi connectivity index (χ2v) is 5.75. The number of benzene rings is 1. The van der Waals surface area contributed by atoms with Crippen LogP contribution in [0.25, 0.3) is 11.0 Å². The number of aromatic nitrogens is 4. The summed E-state index contributed by atoms with van der Waals surface area (Å²) in [7, 11) is 2.01. The van der Waals surface area contributed by atoms with Crippen LogP contribution in [0.2, 0.25) is 0 Å². The van der Waals surface area contributed by atoms with E-state index in [1.165, 1.54) is 0 Å². The maximum absolute atomic E-state index is 5.39. The Morgan fingerprint density at radius 3 is 3.00 bits per heavy atom. The Morgan fingerprint density at radius 2 is 2.26 bits per heavy atom. The molecule has 0 amide bonds. The van der Waals surface area contributed by atoms with Crippen molar-refractivity contribution in [2.75, 3.05) is 0 Å². The lowest BCUT2D eigenvalue weighted by atomic mass is 10.3. The highest BCUT2D eigenvalue weighted by Crippen LogP contribution is 2.19. The Labute approximate surface area is 124 Å². The van der Waals surface area contributed by atoms with E-state index in [9.17, 15) is 0 Å². The zero-order valence-corrected chi connectivity index (χ0v) is 12.8. The first kappa shape index (κ1) is 12.6. The Hall–Kier alpha value is -1.40. The summed E-state index contributed by atoms with van der Waals surface area (Å²) in [5.41, 5.74) is 2.18. The Bertz CT molecular complexity index is 783. The first-order chi connectivity index (χ1) is 9.15. The highest BCUT2D eigenvalue weighted by Gasteiger charge is 2.06. The molecular weight excluding hydrogens is 324 g/mol. The number of hydrogen-bond donors (Lipinski definition) is 1. The number of nitrogens with zero attached hydrogens (tertiary/aromatic N) is 3. The molecule has 2 heterocycles. The fraction of sp³-hybridized carbons (Fsp3) is 0.231. The Balaban J connectivity index is 1.95. The van der Waals surface area contributed by atoms with Gasteiger partial charge in [0.2, 0.25) is 0 Å². The molecule has 4 nitrogen and oxygen atoms in total. The van der Waals surface area contributed by atoms with E-state index >= 15 is 0 Å². The van der Waals surface area contributed by atoms with Crippen molar-refractivity contribution in [3.05, 3.63) is 45.7 Å². The van der Waals surface area contributed by atoms with Crippen LogP contribution in [0.1, 0.15) is 5.82 Å². The SMILES string of the molecule is Cn1ccnc1CCn1c(=S)[nH]c2cc(Br)ccc21. The van der Waals surface area contributed by atoms with E-state index in [4.69, 9.17) is 12.2 Å². The highest BCUT2D eigenvalue weighted by atomic mass is 79.9. The minimum Gasteiger partial charge on any atom is -0.338 e. The number of hydrogen-bond acceptors (Lipinski definition) is 2. The molecule has 0 atom stereocenters. The fourth-order valence-corrected chi connectivity index (χ4v) is 2.87. The van der Waals surface area contributed by atoms with E-state index in [2.05, 4.69) is 36.5 Å². The number of aryl methyl sites for hydroxylation is 3. The lowest BCUT2D eigenvalue weighted by molar-refractivity contribution is 0.657. The van der Waals surface area contributed by atoms with Crippen LogP contribution >= 0.6 is 28.1 Å². The topological polar surface area (TPSA) is 38.5 Å². The summed E-state index contributed by atoms with van der Waals surface area (Å²) in [6.45, 7) is 0.825. The van der Waals surface area contributed by atoms with Crippen molar-refractivity contribution in [2.45, 2.75) is 13.0 Å². The molecule has 0 radical (unpaired) electrons. The highest BCUT2D eigenvalue weighted by molar-refractivity contribution is 9.10. The summed E-state index contributed by atoms with van der Waals surface area (Å²) in [5, 5.41) is 0. The van der Waals surface area contributed by atoms with E-state index in [1.54, 1.807) is 0 Å². The third kappa shape index (κ3) is 2.37. The van der Waals surface area contributed by atoms with Crippen molar-refractivity contribution in [1.82, 2.24) is 19.1 Å². The molecule has 3 rings (SSSR count). The second kappa shape index (κ2) is 4.94. The molecule has 1 aromatic carbocycles. The van der Waals surface area contributed by atoms with E-state index in [0.29, 0.717) is 0 Å². The summed E-state index contributed by atoms with van der Waals surface area (Å²) < 4.78 is 5.95. The van der Waals surface area contributed by atoms with Gasteiger partial charge in [-0.15, -0.1) is 0 Å². The maximum Gasteiger partial charge on any atom is 0.178 e. The minimum atomic E-state index is 0.752. The molecule has 0 fully saturated rings. The normalized spacial score (nSPS) is 11.3. The molecule has 3 aromatic rings. The van der Waals surface area contributed by atoms with Gasteiger partial charge in [-0.05, 0) is 30.4 Å². The number of imidazole rings is 2. The van der Waals surface area contributed by atoms with Crippen LogP contribution in [0, 0.1) is 4.77 Å². The zero-order chi connectivity index (χ0) is 13.4. The van der Waals surface area contributed by atoms with Crippen LogP contribution in [0.15, 0.2) is 35.1 Å². The predicted molar refractivity (Wildman–Crippen MR) is 81.7 cm³/mol. The number of fused-ring (bicyclic) bond motifs is 1. The van der Waals surface area contributed by atoms with Crippen molar-refractivity contribution in [2.24, 2.45) is 7.05 Å². The van der Waals surface area contributed by atoms with Crippen molar-refractivity contribution < 1.29 is 0 Å². The first-order valence-electron chi connectivity index (χ1n) is 5.99. The molecule has 0 aliphatic rings. The quantitative estimate of drug-likeness (QED) is 0.744. The van der Waals surface area contributed by atoms with Gasteiger partial charge in [0, 0.05) is 36.9 Å². The molecule has 0 bridgehead atoms. The summed E-state index contributed by atoms with van der Waals surface area (Å²) >= 11 is 8.86. The zero-order valence-electron chi connectivity index (χ0n) is 10.4. The third-order valence-corrected chi connectivity index (χ3v) is 4.03. The Kier molecular flexibility index (Phi) is 3.28. The van der Waals surface area contributed by atoms with Crippen LogP contribution in [0.4, 0.5) is 0 Å². The molecular formula is C13H13BrN4S. The van der Waals surface area contributed by atoms with E-state index in [0.717, 1.165) is 39.1 Å². The smallest absolute Gasteiger partial charge is 0.178 e. The molecule has 6 heteroatoms. The average molecular weight is 337 g/mol. The maximum atomic E-state index is 5.39. The van der Waals surface area contributed by atoms with Gasteiger partial charge in [0.05, 0.1) is 11.0 Å². The monoisotopic (exact) mass is 336 g/mol. The van der Waals surface area contributed by atoms with Crippen LogP contribution < -0.4 is 0 Å². The molecule has 0 spiro atoms. The number of aromatic amines is 1. The van der Waals surface area contributed by atoms with E-state index in [-0.39, 0.29) is 0 Å². The second-order valence-electron chi connectivity index (χ2n) is 4.45. The first-order valence-corrected chi connectivity index (χ1v) is 7.19. The number of H-pyrrole nitrogens is 1. The standard InChI is InChI=1S/C13H13BrN4S/c1-17-7-5-15-12(17)4-6-18-11-3-2-9(14)8-10(11)16-13(18)19/h2-3,5,7-8H,4,6H2,1H3,(H,16,19). The molecule has 0 saturated carbocycles. The molecule has 19 heavy (non-hydrogen) atoms. The van der Waals surface area contributed by atoms with Gasteiger partial charge in [0.15, 0.2) is 4.77 Å². The van der Waals surface area contributed by atoms with Gasteiger partial charge >= 0.3 is 0 Å². The summed E-state index contributed by atoms with van der Waals surface area (Å²) in [6, 6.07) is 6.15. The van der Waals surface area contributed by atoms with Crippen molar-refractivity contribution >= 4 is 39.2 Å². The van der Waals surface area contributed by atoms with Crippen LogP contribution in [0.5, 0.6) is 0 Å². The van der Waals surface area contributed by atoms with Gasteiger partial charge < -0.3 is 14.1 Å². The van der Waals surface area contributed by atoms with Crippen LogP contribution in [-0.4, -0.2) is 19.1 Å². The van der Waals surface area contributed by atoms with Gasteiger partial charge in [-0.25, -0.2) is 4.98 Å². The average Bonchev–Trinajstić information content (AvgIpc) is 2.90. The van der Waals surface area contributed by atoms with Crippen LogP contribution in [-0.2, 0) is 20.0 Å². The third-order valence-electron chi connectivity index (χ3n) is 3.22. The molecule has 0 aliphatic carbocycles. The van der Waals surface area contributed by atoms with Gasteiger partial charge in [0.1, 0.15) is 5.82 Å². The van der Waals surface area contributed by atoms with Gasteiger partial charge in [-0.3, -0.25) is 0 Å². The molecule has 0 unspecified atom stereocenters. The Morgan fingerprint density at radius 1 is 1.42 bits per heavy atom. The summed E-state index contributed by atoms with van der Waals surface area (Å²) in [4.78, 5) is 7.57. The van der Waals surface area contributed by atoms with Gasteiger partial charge in [-0.2, -0.15) is 0 Å².